The quantitative estimate of drug-likeness (QED) is 0.406. The van der Waals surface area contributed by atoms with Gasteiger partial charge >= 0.3 is 17.8 Å². The molecule has 7 nitrogen and oxygen atoms in total. The van der Waals surface area contributed by atoms with Gasteiger partial charge in [0.2, 0.25) is 0 Å². The number of hydrogen-bond acceptors (Lipinski definition) is 4. The van der Waals surface area contributed by atoms with Gasteiger partial charge in [0.15, 0.2) is 5.78 Å². The Labute approximate surface area is 181 Å². The number of Topliss-reactive ketones (excluding diaryl/α,β-unsaturated/α-hetero) is 1. The van der Waals surface area contributed by atoms with Gasteiger partial charge in [-0.05, 0) is 38.3 Å². The first-order valence-electron chi connectivity index (χ1n) is 10.8. The van der Waals surface area contributed by atoms with E-state index in [1.807, 2.05) is 48.7 Å². The Bertz CT molecular complexity index is 1030. The van der Waals surface area contributed by atoms with Crippen LogP contribution in [-0.2, 0) is 16.1 Å². The summed E-state index contributed by atoms with van der Waals surface area (Å²) in [6, 6.07) is 10.8. The van der Waals surface area contributed by atoms with Crippen LogP contribution in [-0.4, -0.2) is 50.6 Å². The lowest BCUT2D eigenvalue weighted by atomic mass is 9.94. The van der Waals surface area contributed by atoms with Crippen LogP contribution >= 0.6 is 0 Å². The minimum absolute atomic E-state index is 0.242. The molecule has 0 bridgehead atoms. The largest absolute Gasteiger partial charge is 0.344 e. The Kier molecular flexibility index (Phi) is 5.76. The smallest absolute Gasteiger partial charge is 0.334 e. The van der Waals surface area contributed by atoms with Gasteiger partial charge in [-0.2, -0.15) is 0 Å². The van der Waals surface area contributed by atoms with E-state index in [1.54, 1.807) is 6.07 Å². The van der Waals surface area contributed by atoms with Crippen LogP contribution in [0.15, 0.2) is 36.4 Å². The maximum absolute atomic E-state index is 13.0. The van der Waals surface area contributed by atoms with E-state index in [0.717, 1.165) is 46.0 Å². The highest BCUT2D eigenvalue weighted by molar-refractivity contribution is 6.45. The third-order valence-corrected chi connectivity index (χ3v) is 6.38. The van der Waals surface area contributed by atoms with E-state index >= 15 is 0 Å². The molecule has 2 aliphatic rings. The highest BCUT2D eigenvalue weighted by Crippen LogP contribution is 2.27. The third-order valence-electron chi connectivity index (χ3n) is 6.38. The molecule has 4 rings (SSSR count). The van der Waals surface area contributed by atoms with Crippen molar-refractivity contribution in [2.75, 3.05) is 6.54 Å². The fourth-order valence-corrected chi connectivity index (χ4v) is 4.64. The van der Waals surface area contributed by atoms with Gasteiger partial charge in [0, 0.05) is 29.5 Å². The van der Waals surface area contributed by atoms with Crippen LogP contribution in [0.5, 0.6) is 0 Å². The molecule has 0 radical (unpaired) electrons. The van der Waals surface area contributed by atoms with Crippen molar-refractivity contribution < 1.29 is 19.2 Å². The molecule has 1 saturated heterocycles. The Balaban J connectivity index is 1.52. The molecule has 1 aromatic heterocycles. The highest BCUT2D eigenvalue weighted by Gasteiger charge is 2.48. The number of benzene rings is 1. The summed E-state index contributed by atoms with van der Waals surface area (Å²) in [5, 5.41) is 0. The van der Waals surface area contributed by atoms with Gasteiger partial charge in [-0.3, -0.25) is 19.3 Å². The number of carbonyl (C=O) groups is 4. The first kappa shape index (κ1) is 21.0. The summed E-state index contributed by atoms with van der Waals surface area (Å²) in [4.78, 5) is 52.7. The number of carbonyl (C=O) groups excluding carboxylic acids is 4. The Morgan fingerprint density at radius 2 is 1.65 bits per heavy atom. The van der Waals surface area contributed by atoms with E-state index < -0.39 is 24.4 Å². The molecule has 0 spiro atoms. The number of imide groups is 2. The number of aromatic nitrogens is 1. The summed E-state index contributed by atoms with van der Waals surface area (Å²) in [6.07, 6.45) is 4.37. The van der Waals surface area contributed by atoms with Gasteiger partial charge in [-0.25, -0.2) is 9.69 Å². The van der Waals surface area contributed by atoms with Crippen LogP contribution in [0.1, 0.15) is 59.4 Å². The molecule has 2 heterocycles. The normalized spacial score (nSPS) is 17.7. The van der Waals surface area contributed by atoms with Crippen LogP contribution in [0.3, 0.4) is 0 Å². The summed E-state index contributed by atoms with van der Waals surface area (Å²) < 4.78 is 2.04. The van der Waals surface area contributed by atoms with Gasteiger partial charge in [0.25, 0.3) is 0 Å². The van der Waals surface area contributed by atoms with Gasteiger partial charge in [0.1, 0.15) is 0 Å². The molecular formula is C24H27N3O4. The molecule has 0 N–H and O–H groups in total. The molecule has 1 saturated carbocycles. The van der Waals surface area contributed by atoms with Gasteiger partial charge in [0.05, 0.1) is 6.54 Å². The monoisotopic (exact) mass is 421 g/mol. The predicted molar refractivity (Wildman–Crippen MR) is 115 cm³/mol. The van der Waals surface area contributed by atoms with Crippen molar-refractivity contribution in [1.29, 1.82) is 0 Å². The number of hydrogen-bond donors (Lipinski definition) is 0. The number of rotatable bonds is 6. The zero-order valence-electron chi connectivity index (χ0n) is 18.0. The zero-order chi connectivity index (χ0) is 22.1. The number of aryl methyl sites for hydroxylation is 1. The average molecular weight is 421 g/mol. The van der Waals surface area contributed by atoms with Crippen molar-refractivity contribution in [3.05, 3.63) is 58.9 Å². The second-order valence-electron chi connectivity index (χ2n) is 8.42. The average Bonchev–Trinajstić information content (AvgIpc) is 3.17. The Morgan fingerprint density at radius 3 is 2.32 bits per heavy atom. The molecule has 31 heavy (non-hydrogen) atoms. The molecule has 0 unspecified atom stereocenters. The van der Waals surface area contributed by atoms with Gasteiger partial charge in [-0.1, -0.05) is 49.6 Å². The van der Waals surface area contributed by atoms with E-state index in [-0.39, 0.29) is 11.8 Å². The lowest BCUT2D eigenvalue weighted by molar-refractivity contribution is -0.144. The van der Waals surface area contributed by atoms with Crippen LogP contribution in [0.2, 0.25) is 0 Å². The fourth-order valence-electron chi connectivity index (χ4n) is 4.64. The standard InChI is InChI=1S/C24H27N3O4/c1-16-13-20(17(2)25(16)14-18-9-5-3-6-10-18)21(28)15-26-22(29)23(30)27(24(26)31)19-11-7-4-8-12-19/h3,5-6,9-10,13,19H,4,7-8,11-12,14-15H2,1-2H3. The third kappa shape index (κ3) is 3.92. The first-order valence-corrected chi connectivity index (χ1v) is 10.8. The molecule has 1 aliphatic carbocycles. The van der Waals surface area contributed by atoms with Crippen molar-refractivity contribution in [2.45, 2.75) is 58.5 Å². The van der Waals surface area contributed by atoms with E-state index in [2.05, 4.69) is 0 Å². The van der Waals surface area contributed by atoms with Crippen molar-refractivity contribution in [1.82, 2.24) is 14.4 Å². The molecule has 1 aliphatic heterocycles. The molecule has 7 heteroatoms. The predicted octanol–water partition coefficient (Wildman–Crippen LogP) is 3.46. The summed E-state index contributed by atoms with van der Waals surface area (Å²) in [5.41, 5.74) is 3.28. The molecule has 2 aromatic rings. The Hall–Kier alpha value is -3.22. The van der Waals surface area contributed by atoms with Crippen LogP contribution in [0.25, 0.3) is 0 Å². The van der Waals surface area contributed by atoms with Crippen molar-refractivity contribution in [3.8, 4) is 0 Å². The summed E-state index contributed by atoms with van der Waals surface area (Å²) in [5.74, 6) is -2.05. The van der Waals surface area contributed by atoms with Crippen molar-refractivity contribution in [2.24, 2.45) is 0 Å². The highest BCUT2D eigenvalue weighted by atomic mass is 16.2. The molecular weight excluding hydrogens is 394 g/mol. The molecule has 162 valence electrons. The van der Waals surface area contributed by atoms with Gasteiger partial charge in [-0.15, -0.1) is 0 Å². The topological polar surface area (TPSA) is 79.7 Å². The van der Waals surface area contributed by atoms with Crippen LogP contribution in [0, 0.1) is 13.8 Å². The molecule has 4 amide bonds. The second-order valence-corrected chi connectivity index (χ2v) is 8.42. The summed E-state index contributed by atoms with van der Waals surface area (Å²) in [6.45, 7) is 3.99. The minimum Gasteiger partial charge on any atom is -0.344 e. The van der Waals surface area contributed by atoms with E-state index in [0.29, 0.717) is 24.9 Å². The second kappa shape index (κ2) is 8.49. The van der Waals surface area contributed by atoms with Crippen LogP contribution in [0.4, 0.5) is 4.79 Å². The first-order chi connectivity index (χ1) is 14.9. The van der Waals surface area contributed by atoms with Crippen molar-refractivity contribution >= 4 is 23.6 Å². The number of urea groups is 1. The fraction of sp³-hybridized carbons (Fsp3) is 0.417. The SMILES string of the molecule is Cc1cc(C(=O)CN2C(=O)C(=O)N(C3CCCCC3)C2=O)c(C)n1Cc1ccccc1. The zero-order valence-corrected chi connectivity index (χ0v) is 18.0. The van der Waals surface area contributed by atoms with Crippen LogP contribution < -0.4 is 0 Å². The van der Waals surface area contributed by atoms with E-state index in [4.69, 9.17) is 0 Å². The lowest BCUT2D eigenvalue weighted by Crippen LogP contribution is -2.43. The summed E-state index contributed by atoms with van der Waals surface area (Å²) >= 11 is 0. The maximum Gasteiger partial charge on any atom is 0.334 e. The molecule has 1 aromatic carbocycles. The number of ketones is 1. The molecule has 0 atom stereocenters. The van der Waals surface area contributed by atoms with Crippen molar-refractivity contribution in [3.63, 3.8) is 0 Å². The Morgan fingerprint density at radius 1 is 0.968 bits per heavy atom. The van der Waals surface area contributed by atoms with E-state index in [9.17, 15) is 19.2 Å². The molecule has 2 fully saturated rings. The minimum atomic E-state index is -0.901. The summed E-state index contributed by atoms with van der Waals surface area (Å²) in [7, 11) is 0. The maximum atomic E-state index is 13.0. The number of amides is 4. The van der Waals surface area contributed by atoms with E-state index in [1.165, 1.54) is 0 Å². The number of nitrogens with zero attached hydrogens (tertiary/aromatic N) is 3. The van der Waals surface area contributed by atoms with Gasteiger partial charge < -0.3 is 4.57 Å². The lowest BCUT2D eigenvalue weighted by Gasteiger charge is -2.28.